The molecule has 0 saturated carbocycles. The van der Waals surface area contributed by atoms with E-state index in [1.54, 1.807) is 18.2 Å². The van der Waals surface area contributed by atoms with E-state index in [2.05, 4.69) is 0 Å². The predicted molar refractivity (Wildman–Crippen MR) is 41.2 cm³/mol. The normalized spacial score (nSPS) is 10.5. The fraction of sp³-hybridized carbons (Fsp3) is 0. The number of halogens is 1. The Bertz CT molecular complexity index is 226. The van der Waals surface area contributed by atoms with Gasteiger partial charge in [-0.2, -0.15) is 0 Å². The molecule has 0 heterocycles. The molecule has 0 bridgehead atoms. The summed E-state index contributed by atoms with van der Waals surface area (Å²) in [6, 6.07) is 6.13. The van der Waals surface area contributed by atoms with Crippen molar-refractivity contribution in [3.63, 3.8) is 0 Å². The Balaban J connectivity index is 2.89. The minimum atomic E-state index is -0.228. The first-order valence-corrected chi connectivity index (χ1v) is 2.97. The molecule has 1 rings (SSSR count). The molecule has 0 nitrogen and oxygen atoms in total. The highest BCUT2D eigenvalue weighted by atomic mass is 19.1. The molecule has 0 aromatic heterocycles. The van der Waals surface area contributed by atoms with Crippen LogP contribution < -0.4 is 0 Å². The van der Waals surface area contributed by atoms with Crippen LogP contribution in [0.1, 0.15) is 5.56 Å². The quantitative estimate of drug-likeness (QED) is 0.512. The van der Waals surface area contributed by atoms with Gasteiger partial charge in [-0.25, -0.2) is 4.39 Å². The van der Waals surface area contributed by atoms with Gasteiger partial charge >= 0.3 is 0 Å². The molecule has 48 valence electrons. The number of hydrogen-bond donors (Lipinski definition) is 0. The third-order valence-electron chi connectivity index (χ3n) is 1.16. The summed E-state index contributed by atoms with van der Waals surface area (Å²) in [6.07, 6.45) is 1.71. The Labute approximate surface area is 60.8 Å². The molecule has 0 spiro atoms. The van der Waals surface area contributed by atoms with Gasteiger partial charge in [-0.05, 0) is 17.7 Å². The van der Waals surface area contributed by atoms with E-state index in [4.69, 9.17) is 7.85 Å². The van der Waals surface area contributed by atoms with Crippen LogP contribution in [0.25, 0.3) is 6.08 Å². The van der Waals surface area contributed by atoms with Gasteiger partial charge in [-0.3, -0.25) is 0 Å². The Morgan fingerprint density at radius 1 is 1.20 bits per heavy atom. The summed E-state index contributed by atoms with van der Waals surface area (Å²) in [5.41, 5.74) is 0.906. The van der Waals surface area contributed by atoms with Crippen molar-refractivity contribution in [3.8, 4) is 0 Å². The van der Waals surface area contributed by atoms with Crippen molar-refractivity contribution in [1.82, 2.24) is 0 Å². The lowest BCUT2D eigenvalue weighted by molar-refractivity contribution is 0.628. The van der Waals surface area contributed by atoms with Crippen LogP contribution in [0.3, 0.4) is 0 Å². The van der Waals surface area contributed by atoms with Crippen LogP contribution in [0.4, 0.5) is 4.39 Å². The lowest BCUT2D eigenvalue weighted by Gasteiger charge is -1.90. The third kappa shape index (κ3) is 1.73. The maximum Gasteiger partial charge on any atom is 0.123 e. The average molecular weight is 132 g/mol. The molecular formula is C8H6BF. The van der Waals surface area contributed by atoms with Crippen LogP contribution in [0.5, 0.6) is 0 Å². The van der Waals surface area contributed by atoms with Gasteiger partial charge in [0.25, 0.3) is 0 Å². The summed E-state index contributed by atoms with van der Waals surface area (Å²) in [7, 11) is 5.12. The summed E-state index contributed by atoms with van der Waals surface area (Å²) in [6.45, 7) is 0. The molecule has 0 N–H and O–H groups in total. The van der Waals surface area contributed by atoms with E-state index in [9.17, 15) is 4.39 Å². The molecule has 0 aliphatic heterocycles. The van der Waals surface area contributed by atoms with Crippen molar-refractivity contribution < 1.29 is 4.39 Å². The Hall–Kier alpha value is -1.05. The molecule has 10 heavy (non-hydrogen) atoms. The third-order valence-corrected chi connectivity index (χ3v) is 1.16. The molecule has 1 aromatic rings. The molecule has 0 unspecified atom stereocenters. The molecule has 0 aliphatic carbocycles. The Morgan fingerprint density at radius 2 is 1.80 bits per heavy atom. The molecular weight excluding hydrogens is 126 g/mol. The van der Waals surface area contributed by atoms with Crippen LogP contribution in [-0.2, 0) is 0 Å². The summed E-state index contributed by atoms with van der Waals surface area (Å²) < 4.78 is 12.3. The molecule has 0 fully saturated rings. The van der Waals surface area contributed by atoms with E-state index < -0.39 is 0 Å². The van der Waals surface area contributed by atoms with E-state index in [1.807, 2.05) is 0 Å². The van der Waals surface area contributed by atoms with Gasteiger partial charge in [0.05, 0.1) is 0 Å². The maximum atomic E-state index is 12.3. The molecule has 0 atom stereocenters. The van der Waals surface area contributed by atoms with Gasteiger partial charge in [-0.1, -0.05) is 18.2 Å². The highest BCUT2D eigenvalue weighted by Crippen LogP contribution is 2.03. The maximum absolute atomic E-state index is 12.3. The van der Waals surface area contributed by atoms with Crippen molar-refractivity contribution in [3.05, 3.63) is 41.6 Å². The first-order chi connectivity index (χ1) is 4.83. The van der Waals surface area contributed by atoms with E-state index >= 15 is 0 Å². The second kappa shape index (κ2) is 3.21. The Morgan fingerprint density at radius 3 is 2.30 bits per heavy atom. The van der Waals surface area contributed by atoms with Crippen LogP contribution in [0.2, 0.25) is 0 Å². The predicted octanol–water partition coefficient (Wildman–Crippen LogP) is 1.96. The van der Waals surface area contributed by atoms with Gasteiger partial charge in [0.2, 0.25) is 0 Å². The first kappa shape index (κ1) is 7.07. The molecule has 2 heteroatoms. The fourth-order valence-corrected chi connectivity index (χ4v) is 0.685. The van der Waals surface area contributed by atoms with Gasteiger partial charge in [0, 0.05) is 0 Å². The summed E-state index contributed by atoms with van der Waals surface area (Å²) in [5.74, 6) is 1.20. The minimum absolute atomic E-state index is 0.228. The molecule has 2 radical (unpaired) electrons. The topological polar surface area (TPSA) is 0 Å². The molecule has 0 aliphatic rings. The molecule has 0 saturated heterocycles. The van der Waals surface area contributed by atoms with Crippen molar-refractivity contribution in [2.75, 3.05) is 0 Å². The summed E-state index contributed by atoms with van der Waals surface area (Å²) in [4.78, 5) is 0. The van der Waals surface area contributed by atoms with Gasteiger partial charge in [-0.15, -0.1) is 5.98 Å². The number of benzene rings is 1. The van der Waals surface area contributed by atoms with Crippen molar-refractivity contribution in [2.24, 2.45) is 0 Å². The van der Waals surface area contributed by atoms with Crippen LogP contribution >= 0.6 is 0 Å². The second-order valence-electron chi connectivity index (χ2n) is 1.91. The largest absolute Gasteiger partial charge is 0.207 e. The Kier molecular flexibility index (Phi) is 2.27. The highest BCUT2D eigenvalue weighted by Gasteiger charge is 1.86. The summed E-state index contributed by atoms with van der Waals surface area (Å²) >= 11 is 0. The van der Waals surface area contributed by atoms with Crippen molar-refractivity contribution in [1.29, 1.82) is 0 Å². The van der Waals surface area contributed by atoms with Crippen molar-refractivity contribution >= 4 is 13.9 Å². The van der Waals surface area contributed by atoms with Gasteiger partial charge in [0.1, 0.15) is 13.7 Å². The average Bonchev–Trinajstić information content (AvgIpc) is 1.95. The number of hydrogen-bond acceptors (Lipinski definition) is 0. The lowest BCUT2D eigenvalue weighted by Crippen LogP contribution is -1.73. The smallest absolute Gasteiger partial charge is 0.123 e. The zero-order valence-corrected chi connectivity index (χ0v) is 5.42. The SMILES string of the molecule is [B]C=Cc1ccc(F)cc1. The second-order valence-corrected chi connectivity index (χ2v) is 1.91. The van der Waals surface area contributed by atoms with Crippen molar-refractivity contribution in [2.45, 2.75) is 0 Å². The number of rotatable bonds is 1. The molecule has 1 aromatic carbocycles. The fourth-order valence-electron chi connectivity index (χ4n) is 0.685. The van der Waals surface area contributed by atoms with E-state index in [0.717, 1.165) is 5.56 Å². The van der Waals surface area contributed by atoms with Crippen LogP contribution in [0.15, 0.2) is 30.2 Å². The zero-order valence-electron chi connectivity index (χ0n) is 5.42. The highest BCUT2D eigenvalue weighted by molar-refractivity contribution is 6.19. The monoisotopic (exact) mass is 132 g/mol. The lowest BCUT2D eigenvalue weighted by atomic mass is 10.1. The van der Waals surface area contributed by atoms with E-state index in [1.165, 1.54) is 18.1 Å². The van der Waals surface area contributed by atoms with E-state index in [0.29, 0.717) is 0 Å². The summed E-state index contributed by atoms with van der Waals surface area (Å²) in [5, 5.41) is 0. The minimum Gasteiger partial charge on any atom is -0.207 e. The van der Waals surface area contributed by atoms with Crippen LogP contribution in [0, 0.1) is 5.82 Å². The van der Waals surface area contributed by atoms with Gasteiger partial charge in [0.15, 0.2) is 0 Å². The van der Waals surface area contributed by atoms with Crippen LogP contribution in [-0.4, -0.2) is 7.85 Å². The first-order valence-electron chi connectivity index (χ1n) is 2.97. The van der Waals surface area contributed by atoms with E-state index in [-0.39, 0.29) is 5.82 Å². The molecule has 0 amide bonds. The van der Waals surface area contributed by atoms with Gasteiger partial charge < -0.3 is 0 Å². The zero-order chi connectivity index (χ0) is 7.40. The standard InChI is InChI=1S/C8H6BF/c9-6-5-7-1-3-8(10)4-2-7/h1-6H.